The molecular weight excluding hydrogens is 787 g/mol. The maximum absolute atomic E-state index is 15.4. The largest absolute Gasteiger partial charge is 0.492 e. The number of nitrogens with zero attached hydrogens (tertiary/aromatic N) is 1. The van der Waals surface area contributed by atoms with Crippen molar-refractivity contribution in [3.05, 3.63) is 75.2 Å². The molecule has 61 heavy (non-hydrogen) atoms. The first kappa shape index (κ1) is 42.9. The first-order chi connectivity index (χ1) is 29.1. The number of ketones is 1. The number of aryl methyl sites for hydroxylation is 1. The summed E-state index contributed by atoms with van der Waals surface area (Å²) in [6.07, 6.45) is 7.63. The highest BCUT2D eigenvalue weighted by molar-refractivity contribution is 6.22. The minimum Gasteiger partial charge on any atom is -0.492 e. The number of Topliss-reactive ketones (excluding diaryl/α,β-unsaturated/α-hetero) is 1. The summed E-state index contributed by atoms with van der Waals surface area (Å²) in [6.45, 7) is 14.3. The van der Waals surface area contributed by atoms with Crippen LogP contribution in [0.4, 0.5) is 5.69 Å². The number of carbonyl (C=O) groups is 4. The highest BCUT2D eigenvalue weighted by atomic mass is 16.7. The molecule has 2 N–H and O–H groups in total. The zero-order valence-corrected chi connectivity index (χ0v) is 35.8. The molecule has 15 nitrogen and oxygen atoms in total. The van der Waals surface area contributed by atoms with Crippen molar-refractivity contribution in [2.45, 2.75) is 92.3 Å². The lowest BCUT2D eigenvalue weighted by Crippen LogP contribution is -2.45. The van der Waals surface area contributed by atoms with E-state index in [0.717, 1.165) is 0 Å². The van der Waals surface area contributed by atoms with E-state index in [9.17, 15) is 19.2 Å². The number of anilines is 1. The van der Waals surface area contributed by atoms with E-state index in [1.165, 1.54) is 27.2 Å². The Hall–Kier alpha value is -6.22. The van der Waals surface area contributed by atoms with Crippen molar-refractivity contribution in [1.29, 1.82) is 0 Å². The molecule has 0 radical (unpaired) electrons. The average Bonchev–Trinajstić information content (AvgIpc) is 3.47. The molecule has 7 atom stereocenters. The van der Waals surface area contributed by atoms with Gasteiger partial charge in [0.2, 0.25) is 11.8 Å². The number of methoxy groups -OCH3 is 1. The average molecular weight is 838 g/mol. The molecule has 322 valence electrons. The number of fused-ring (bicyclic) bond motifs is 8. The van der Waals surface area contributed by atoms with E-state index in [2.05, 4.69) is 24.5 Å². The molecule has 3 unspecified atom stereocenters. The Morgan fingerprint density at radius 2 is 1.84 bits per heavy atom. The van der Waals surface area contributed by atoms with E-state index in [1.54, 1.807) is 45.1 Å². The molecule has 0 fully saturated rings. The molecule has 7 rings (SSSR count). The number of rotatable bonds is 7. The fraction of sp³-hybridized carbons (Fsp3) is 0.435. The molecule has 4 heterocycles. The molecule has 15 heteroatoms. The van der Waals surface area contributed by atoms with Crippen molar-refractivity contribution in [3.8, 4) is 28.7 Å². The van der Waals surface area contributed by atoms with Crippen LogP contribution >= 0.6 is 0 Å². The third-order valence-corrected chi connectivity index (χ3v) is 11.6. The number of hydrogen-bond donors (Lipinski definition) is 2. The van der Waals surface area contributed by atoms with Crippen molar-refractivity contribution >= 4 is 51.6 Å². The first-order valence-electron chi connectivity index (χ1n) is 20.4. The fourth-order valence-corrected chi connectivity index (χ4v) is 8.53. The number of benzene rings is 3. The van der Waals surface area contributed by atoms with Gasteiger partial charge in [-0.3, -0.25) is 24.0 Å². The van der Waals surface area contributed by atoms with Crippen molar-refractivity contribution in [2.75, 3.05) is 25.6 Å². The molecule has 2 aromatic rings. The van der Waals surface area contributed by atoms with Crippen molar-refractivity contribution in [3.63, 3.8) is 0 Å². The van der Waals surface area contributed by atoms with Crippen LogP contribution in [-0.2, 0) is 28.6 Å². The maximum Gasteiger partial charge on any atom is 0.312 e. The molecule has 2 aromatic carbocycles. The summed E-state index contributed by atoms with van der Waals surface area (Å²) in [5.41, 5.74) is 0.960. The molecule has 0 saturated carbocycles. The van der Waals surface area contributed by atoms with Crippen molar-refractivity contribution in [1.82, 2.24) is 10.3 Å². The standard InChI is InChI=1S/C46H51N3O12/c1-22-11-10-12-24(3)45(54)49-38-39(52)34-33(37-43(38)59-31-20-29(56-16-14-47-21-50)19-25(4)36(31)48-37)35-42-27(6)41(34)60-32(18-23(2)17-22)40(58-28(7)51)26(5)30(55-9)13-15-57-46(8,61-42)44(35)53/h10-13,15,19-23,26,30,32,40H,14,16-18H2,1-9H3,(H,47,50)(H,49,54)/b11-10+,15-13+,24-12-/t22?,23-,26-,30+,32?,40?,46+/m1/s1. The Kier molecular flexibility index (Phi) is 12.0. The van der Waals surface area contributed by atoms with Crippen LogP contribution in [-0.4, -0.2) is 73.4 Å². The normalized spacial score (nSPS) is 27.3. The molecule has 6 bridgehead atoms. The van der Waals surface area contributed by atoms with Gasteiger partial charge in [0.1, 0.15) is 53.0 Å². The predicted octanol–water partition coefficient (Wildman–Crippen LogP) is 6.86. The molecule has 4 aliphatic heterocycles. The number of aromatic nitrogens is 1. The molecule has 2 amide bonds. The SMILES string of the molecule is CO[C@H]1/C=C/O[C@@]2(C)Oc3c(C)c4c5c(=O)c(c6oc7cc(OCCNC=O)cc(C)c7nc-6c5c3C2=O)NC(=O)/C(C)=C\C=C\C(C)C[C@@H](C)CC(O4)C(OC(C)=O)[C@@H]1C. The topological polar surface area (TPSA) is 191 Å². The molecule has 0 aromatic heterocycles. The second kappa shape index (κ2) is 17.0. The quantitative estimate of drug-likeness (QED) is 0.0646. The number of esters is 1. The number of hydrogen-bond acceptors (Lipinski definition) is 13. The summed E-state index contributed by atoms with van der Waals surface area (Å²) in [5, 5.41) is 5.37. The third-order valence-electron chi connectivity index (χ3n) is 11.6. The van der Waals surface area contributed by atoms with E-state index in [4.69, 9.17) is 37.8 Å². The Morgan fingerprint density at radius 3 is 2.56 bits per heavy atom. The highest BCUT2D eigenvalue weighted by Crippen LogP contribution is 2.52. The molecule has 0 saturated heterocycles. The Morgan fingerprint density at radius 1 is 1.07 bits per heavy atom. The summed E-state index contributed by atoms with van der Waals surface area (Å²) in [7, 11) is 1.52. The Labute approximate surface area is 352 Å². The Balaban J connectivity index is 1.62. The van der Waals surface area contributed by atoms with Gasteiger partial charge < -0.3 is 43.5 Å². The van der Waals surface area contributed by atoms with E-state index in [-0.39, 0.29) is 75.5 Å². The van der Waals surface area contributed by atoms with Gasteiger partial charge in [-0.2, -0.15) is 0 Å². The van der Waals surface area contributed by atoms with E-state index >= 15 is 4.79 Å². The van der Waals surface area contributed by atoms with E-state index < -0.39 is 53.1 Å². The summed E-state index contributed by atoms with van der Waals surface area (Å²) in [6, 6.07) is 3.35. The summed E-state index contributed by atoms with van der Waals surface area (Å²) in [5.74, 6) is -3.66. The number of amides is 2. The van der Waals surface area contributed by atoms with Crippen molar-refractivity contribution in [2.24, 2.45) is 17.8 Å². The van der Waals surface area contributed by atoms with Gasteiger partial charge >= 0.3 is 11.8 Å². The van der Waals surface area contributed by atoms with Crippen LogP contribution in [0.25, 0.3) is 33.3 Å². The van der Waals surface area contributed by atoms with Gasteiger partial charge in [0.15, 0.2) is 11.3 Å². The van der Waals surface area contributed by atoms with Gasteiger partial charge in [-0.25, -0.2) is 4.98 Å². The van der Waals surface area contributed by atoms with E-state index in [1.807, 2.05) is 19.1 Å². The minimum absolute atomic E-state index is 0.0117. The van der Waals surface area contributed by atoms with Gasteiger partial charge in [-0.15, -0.1) is 0 Å². The van der Waals surface area contributed by atoms with Crippen LogP contribution in [0, 0.1) is 31.6 Å². The van der Waals surface area contributed by atoms with Crippen molar-refractivity contribution < 1.29 is 52.0 Å². The van der Waals surface area contributed by atoms with Crippen LogP contribution in [0.2, 0.25) is 0 Å². The predicted molar refractivity (Wildman–Crippen MR) is 226 cm³/mol. The van der Waals surface area contributed by atoms with Crippen LogP contribution in [0.1, 0.15) is 75.9 Å². The van der Waals surface area contributed by atoms with Gasteiger partial charge in [-0.1, -0.05) is 39.0 Å². The monoisotopic (exact) mass is 837 g/mol. The second-order valence-corrected chi connectivity index (χ2v) is 16.4. The number of ether oxygens (including phenoxy) is 6. The van der Waals surface area contributed by atoms with Gasteiger partial charge in [-0.05, 0) is 63.2 Å². The van der Waals surface area contributed by atoms with E-state index in [0.29, 0.717) is 47.2 Å². The number of nitrogens with one attached hydrogen (secondary N) is 2. The zero-order chi connectivity index (χ0) is 43.9. The lowest BCUT2D eigenvalue weighted by atomic mass is 9.85. The lowest BCUT2D eigenvalue weighted by Gasteiger charge is -2.36. The number of allylic oxidation sites excluding steroid dienone is 3. The first-order valence-corrected chi connectivity index (χ1v) is 20.4. The van der Waals surface area contributed by atoms with Crippen LogP contribution < -0.4 is 30.3 Å². The molecular formula is C46H51N3O12. The Bertz CT molecular complexity index is 2560. The number of carbonyl (C=O) groups excluding carboxylic acids is 4. The second-order valence-electron chi connectivity index (χ2n) is 16.4. The fourth-order valence-electron chi connectivity index (χ4n) is 8.53. The van der Waals surface area contributed by atoms with Crippen LogP contribution in [0.5, 0.6) is 17.2 Å². The minimum atomic E-state index is -1.91. The molecule has 1 aliphatic carbocycles. The summed E-state index contributed by atoms with van der Waals surface area (Å²) in [4.78, 5) is 73.1. The summed E-state index contributed by atoms with van der Waals surface area (Å²) < 4.78 is 44.2. The highest BCUT2D eigenvalue weighted by Gasteiger charge is 2.51. The maximum atomic E-state index is 15.4. The molecule has 0 spiro atoms. The smallest absolute Gasteiger partial charge is 0.312 e. The van der Waals surface area contributed by atoms with Gasteiger partial charge in [0.25, 0.3) is 11.7 Å². The van der Waals surface area contributed by atoms with Gasteiger partial charge in [0, 0.05) is 49.5 Å². The summed E-state index contributed by atoms with van der Waals surface area (Å²) >= 11 is 0. The van der Waals surface area contributed by atoms with Gasteiger partial charge in [0.05, 0.1) is 29.9 Å². The van der Waals surface area contributed by atoms with Crippen LogP contribution in [0.15, 0.2) is 57.5 Å². The third kappa shape index (κ3) is 8.06. The van der Waals surface area contributed by atoms with Crippen LogP contribution in [0.3, 0.4) is 0 Å². The zero-order valence-electron chi connectivity index (χ0n) is 35.8. The lowest BCUT2D eigenvalue weighted by molar-refractivity contribution is -0.159. The molecule has 5 aliphatic rings.